The van der Waals surface area contributed by atoms with Gasteiger partial charge in [0.1, 0.15) is 5.92 Å². The molecule has 0 saturated carbocycles. The predicted molar refractivity (Wildman–Crippen MR) is 95.3 cm³/mol. The van der Waals surface area contributed by atoms with Crippen LogP contribution >= 0.6 is 0 Å². The Morgan fingerprint density at radius 2 is 2.08 bits per heavy atom. The van der Waals surface area contributed by atoms with Crippen molar-refractivity contribution in [1.29, 1.82) is 0 Å². The SMILES string of the molecule is CCOC(=O)C1C(C)=NC2=C(C(=O)CC(C)(C)C2)[C@@H]1c1ccccn1. The molecule has 1 aliphatic carbocycles. The zero-order valence-corrected chi connectivity index (χ0v) is 15.2. The summed E-state index contributed by atoms with van der Waals surface area (Å²) in [7, 11) is 0. The Kier molecular flexibility index (Phi) is 4.58. The normalized spacial score (nSPS) is 25.3. The fraction of sp³-hybridized carbons (Fsp3) is 0.500. The molecule has 5 heteroatoms. The Bertz CT molecular complexity index is 762. The lowest BCUT2D eigenvalue weighted by molar-refractivity contribution is -0.146. The number of ketones is 1. The molecule has 0 N–H and O–H groups in total. The molecule has 2 aliphatic rings. The molecule has 0 saturated heterocycles. The smallest absolute Gasteiger partial charge is 0.315 e. The number of ether oxygens (including phenoxy) is 1. The van der Waals surface area contributed by atoms with Crippen LogP contribution in [0.5, 0.6) is 0 Å². The van der Waals surface area contributed by atoms with Crippen LogP contribution in [0.2, 0.25) is 0 Å². The van der Waals surface area contributed by atoms with Gasteiger partial charge in [0.25, 0.3) is 0 Å². The summed E-state index contributed by atoms with van der Waals surface area (Å²) in [5.41, 5.74) is 2.73. The molecule has 25 heavy (non-hydrogen) atoms. The molecule has 3 rings (SSSR count). The van der Waals surface area contributed by atoms with Crippen LogP contribution in [-0.2, 0) is 14.3 Å². The first-order valence-electron chi connectivity index (χ1n) is 8.73. The summed E-state index contributed by atoms with van der Waals surface area (Å²) in [6, 6.07) is 5.57. The highest BCUT2D eigenvalue weighted by Crippen LogP contribution is 2.47. The fourth-order valence-corrected chi connectivity index (χ4v) is 3.86. The number of Topliss-reactive ketones (excluding diaryl/α,β-unsaturated/α-hetero) is 1. The van der Waals surface area contributed by atoms with E-state index in [-0.39, 0.29) is 17.2 Å². The third kappa shape index (κ3) is 3.28. The number of esters is 1. The van der Waals surface area contributed by atoms with Gasteiger partial charge in [-0.05, 0) is 37.8 Å². The van der Waals surface area contributed by atoms with E-state index >= 15 is 0 Å². The molecule has 0 fully saturated rings. The average Bonchev–Trinajstić information content (AvgIpc) is 2.53. The fourth-order valence-electron chi connectivity index (χ4n) is 3.86. The number of rotatable bonds is 3. The maximum Gasteiger partial charge on any atom is 0.315 e. The van der Waals surface area contributed by atoms with Gasteiger partial charge in [-0.2, -0.15) is 0 Å². The van der Waals surface area contributed by atoms with E-state index in [0.29, 0.717) is 24.3 Å². The van der Waals surface area contributed by atoms with Crippen LogP contribution in [0.4, 0.5) is 0 Å². The second kappa shape index (κ2) is 6.54. The van der Waals surface area contributed by atoms with Crippen LogP contribution < -0.4 is 0 Å². The third-order valence-corrected chi connectivity index (χ3v) is 4.85. The number of aliphatic imine (C=N–C) groups is 1. The van der Waals surface area contributed by atoms with Gasteiger partial charge in [0.15, 0.2) is 5.78 Å². The average molecular weight is 340 g/mol. The third-order valence-electron chi connectivity index (χ3n) is 4.85. The zero-order valence-electron chi connectivity index (χ0n) is 15.2. The van der Waals surface area contributed by atoms with Crippen molar-refractivity contribution < 1.29 is 14.3 Å². The molecule has 0 aromatic carbocycles. The lowest BCUT2D eigenvalue weighted by atomic mass is 9.67. The number of carbonyl (C=O) groups is 2. The van der Waals surface area contributed by atoms with Gasteiger partial charge >= 0.3 is 5.97 Å². The summed E-state index contributed by atoms with van der Waals surface area (Å²) in [6.45, 7) is 8.07. The van der Waals surface area contributed by atoms with Gasteiger partial charge in [-0.25, -0.2) is 0 Å². The molecule has 132 valence electrons. The highest BCUT2D eigenvalue weighted by molar-refractivity contribution is 6.08. The van der Waals surface area contributed by atoms with E-state index < -0.39 is 11.8 Å². The predicted octanol–water partition coefficient (Wildman–Crippen LogP) is 3.46. The van der Waals surface area contributed by atoms with Gasteiger partial charge < -0.3 is 4.74 Å². The summed E-state index contributed by atoms with van der Waals surface area (Å²) in [6.07, 6.45) is 2.87. The standard InChI is InChI=1S/C20H24N2O3/c1-5-25-19(24)16-12(2)22-14-10-20(3,4)11-15(23)17(14)18(16)13-8-6-7-9-21-13/h6-9,16,18H,5,10-11H2,1-4H3/t16?,18-/m1/s1. The second-order valence-electron chi connectivity index (χ2n) is 7.52. The van der Waals surface area contributed by atoms with Crippen LogP contribution in [-0.4, -0.2) is 29.1 Å². The molecule has 0 spiro atoms. The summed E-state index contributed by atoms with van der Waals surface area (Å²) >= 11 is 0. The van der Waals surface area contributed by atoms with Gasteiger partial charge in [-0.1, -0.05) is 19.9 Å². The highest BCUT2D eigenvalue weighted by Gasteiger charge is 2.46. The van der Waals surface area contributed by atoms with Gasteiger partial charge in [0.2, 0.25) is 0 Å². The Morgan fingerprint density at radius 1 is 1.32 bits per heavy atom. The van der Waals surface area contributed by atoms with Crippen LogP contribution in [0.1, 0.15) is 52.1 Å². The number of nitrogens with zero attached hydrogens (tertiary/aromatic N) is 2. The van der Waals surface area contributed by atoms with Crippen molar-refractivity contribution in [3.05, 3.63) is 41.4 Å². The lowest BCUT2D eigenvalue weighted by Crippen LogP contribution is -2.39. The molecule has 0 amide bonds. The van der Waals surface area contributed by atoms with Crippen molar-refractivity contribution >= 4 is 17.5 Å². The maximum atomic E-state index is 13.0. The first-order valence-corrected chi connectivity index (χ1v) is 8.73. The molecule has 2 atom stereocenters. The maximum absolute atomic E-state index is 13.0. The van der Waals surface area contributed by atoms with E-state index in [0.717, 1.165) is 17.8 Å². The molecule has 0 bridgehead atoms. The molecule has 2 heterocycles. The first-order chi connectivity index (χ1) is 11.8. The van der Waals surface area contributed by atoms with E-state index in [1.165, 1.54) is 0 Å². The Balaban J connectivity index is 2.15. The zero-order chi connectivity index (χ0) is 18.2. The minimum absolute atomic E-state index is 0.0625. The summed E-state index contributed by atoms with van der Waals surface area (Å²) in [5, 5.41) is 0. The van der Waals surface area contributed by atoms with E-state index in [2.05, 4.69) is 23.8 Å². The van der Waals surface area contributed by atoms with Crippen LogP contribution in [0.15, 0.2) is 40.7 Å². The molecule has 5 nitrogen and oxygen atoms in total. The molecule has 1 unspecified atom stereocenters. The van der Waals surface area contributed by atoms with Crippen molar-refractivity contribution in [3.8, 4) is 0 Å². The van der Waals surface area contributed by atoms with E-state index in [1.807, 2.05) is 25.1 Å². The monoisotopic (exact) mass is 340 g/mol. The number of allylic oxidation sites excluding steroid dienone is 2. The van der Waals surface area contributed by atoms with E-state index in [4.69, 9.17) is 4.74 Å². The first kappa shape index (κ1) is 17.5. The van der Waals surface area contributed by atoms with Crippen molar-refractivity contribution in [1.82, 2.24) is 4.98 Å². The molecule has 1 aromatic heterocycles. The van der Waals surface area contributed by atoms with E-state index in [1.54, 1.807) is 13.1 Å². The minimum atomic E-state index is -0.598. The van der Waals surface area contributed by atoms with Crippen molar-refractivity contribution in [2.45, 2.75) is 46.5 Å². The van der Waals surface area contributed by atoms with Gasteiger partial charge in [0.05, 0.1) is 12.5 Å². The number of carbonyl (C=O) groups excluding carboxylic acids is 2. The Labute approximate surface area is 148 Å². The Hall–Kier alpha value is -2.30. The van der Waals surface area contributed by atoms with Crippen LogP contribution in [0.3, 0.4) is 0 Å². The number of pyridine rings is 1. The minimum Gasteiger partial charge on any atom is -0.465 e. The molecular formula is C20H24N2O3. The van der Waals surface area contributed by atoms with Crippen molar-refractivity contribution in [2.75, 3.05) is 6.61 Å². The molecular weight excluding hydrogens is 316 g/mol. The highest BCUT2D eigenvalue weighted by atomic mass is 16.5. The van der Waals surface area contributed by atoms with Crippen LogP contribution in [0.25, 0.3) is 0 Å². The van der Waals surface area contributed by atoms with Crippen molar-refractivity contribution in [3.63, 3.8) is 0 Å². The number of hydrogen-bond acceptors (Lipinski definition) is 5. The summed E-state index contributed by atoms with van der Waals surface area (Å²) in [4.78, 5) is 34.7. The molecule has 1 aliphatic heterocycles. The second-order valence-corrected chi connectivity index (χ2v) is 7.52. The van der Waals surface area contributed by atoms with E-state index in [9.17, 15) is 9.59 Å². The summed E-state index contributed by atoms with van der Waals surface area (Å²) < 4.78 is 5.28. The lowest BCUT2D eigenvalue weighted by Gasteiger charge is -2.38. The van der Waals surface area contributed by atoms with Crippen molar-refractivity contribution in [2.24, 2.45) is 16.3 Å². The van der Waals surface area contributed by atoms with Gasteiger partial charge in [0, 0.05) is 35.3 Å². The van der Waals surface area contributed by atoms with Gasteiger partial charge in [-0.15, -0.1) is 0 Å². The summed E-state index contributed by atoms with van der Waals surface area (Å²) in [5.74, 6) is -1.30. The van der Waals surface area contributed by atoms with Crippen LogP contribution in [0, 0.1) is 11.3 Å². The number of hydrogen-bond donors (Lipinski definition) is 0. The topological polar surface area (TPSA) is 68.6 Å². The molecule has 1 aromatic rings. The quantitative estimate of drug-likeness (QED) is 0.790. The van der Waals surface area contributed by atoms with Gasteiger partial charge in [-0.3, -0.25) is 19.6 Å². The number of aromatic nitrogens is 1. The molecule has 0 radical (unpaired) electrons. The largest absolute Gasteiger partial charge is 0.465 e. The Morgan fingerprint density at radius 3 is 2.72 bits per heavy atom.